The molecule has 84 valence electrons. The summed E-state index contributed by atoms with van der Waals surface area (Å²) >= 11 is 2.02. The van der Waals surface area contributed by atoms with Crippen LogP contribution in [0.1, 0.15) is 30.5 Å². The molecule has 1 saturated heterocycles. The van der Waals surface area contributed by atoms with Crippen molar-refractivity contribution in [2.45, 2.75) is 25.2 Å². The predicted octanol–water partition coefficient (Wildman–Crippen LogP) is 1.44. The molecule has 0 aliphatic carbocycles. The Hall–Kier alpha value is -0.550. The highest BCUT2D eigenvalue weighted by Gasteiger charge is 2.20. The second-order valence-electron chi connectivity index (χ2n) is 3.79. The van der Waals surface area contributed by atoms with Crippen molar-refractivity contribution in [1.29, 1.82) is 0 Å². The van der Waals surface area contributed by atoms with E-state index >= 15 is 0 Å². The summed E-state index contributed by atoms with van der Waals surface area (Å²) in [4.78, 5) is 4.44. The van der Waals surface area contributed by atoms with Gasteiger partial charge in [0.2, 0.25) is 5.89 Å². The number of aromatic nitrogens is 2. The number of rotatable bonds is 4. The average molecular weight is 227 g/mol. The number of hydrogen-bond acceptors (Lipinski definition) is 5. The zero-order chi connectivity index (χ0) is 10.5. The minimum atomic E-state index is 0.526. The van der Waals surface area contributed by atoms with Gasteiger partial charge in [-0.2, -0.15) is 16.7 Å². The second kappa shape index (κ2) is 5.51. The Morgan fingerprint density at radius 2 is 2.27 bits per heavy atom. The summed E-state index contributed by atoms with van der Waals surface area (Å²) in [6.07, 6.45) is 3.20. The normalized spacial score (nSPS) is 18.2. The number of likely N-dealkylation sites (N-methyl/N-ethyl adjacent to an activating group) is 1. The molecule has 0 unspecified atom stereocenters. The van der Waals surface area contributed by atoms with Crippen LogP contribution in [0.5, 0.6) is 0 Å². The number of nitrogens with one attached hydrogen (secondary N) is 1. The molecule has 0 aromatic carbocycles. The van der Waals surface area contributed by atoms with Gasteiger partial charge in [0.15, 0.2) is 5.82 Å². The molecule has 0 saturated carbocycles. The summed E-state index contributed by atoms with van der Waals surface area (Å²) < 4.78 is 5.21. The van der Waals surface area contributed by atoms with Gasteiger partial charge in [-0.1, -0.05) is 5.16 Å². The topological polar surface area (TPSA) is 51.0 Å². The third kappa shape index (κ3) is 2.95. The highest BCUT2D eigenvalue weighted by Crippen LogP contribution is 2.29. The van der Waals surface area contributed by atoms with Crippen LogP contribution >= 0.6 is 11.8 Å². The monoisotopic (exact) mass is 227 g/mol. The summed E-state index contributed by atoms with van der Waals surface area (Å²) in [7, 11) is 1.93. The molecule has 2 rings (SSSR count). The summed E-state index contributed by atoms with van der Waals surface area (Å²) in [5, 5.41) is 7.14. The molecule has 1 aromatic rings. The molecule has 1 N–H and O–H groups in total. The Morgan fingerprint density at radius 1 is 1.47 bits per heavy atom. The molecular formula is C10H17N3OS. The first kappa shape index (κ1) is 11.0. The molecular weight excluding hydrogens is 210 g/mol. The van der Waals surface area contributed by atoms with Gasteiger partial charge in [0, 0.05) is 18.9 Å². The molecule has 1 aromatic heterocycles. The van der Waals surface area contributed by atoms with Crippen LogP contribution in [-0.2, 0) is 6.42 Å². The van der Waals surface area contributed by atoms with Gasteiger partial charge in [-0.25, -0.2) is 0 Å². The molecule has 2 heterocycles. The maximum absolute atomic E-state index is 5.21. The second-order valence-corrected chi connectivity index (χ2v) is 5.01. The fraction of sp³-hybridized carbons (Fsp3) is 0.800. The van der Waals surface area contributed by atoms with Crippen LogP contribution in [0.25, 0.3) is 0 Å². The number of hydrogen-bond donors (Lipinski definition) is 1. The van der Waals surface area contributed by atoms with E-state index in [0.717, 1.165) is 24.7 Å². The van der Waals surface area contributed by atoms with Crippen molar-refractivity contribution in [3.05, 3.63) is 11.7 Å². The maximum Gasteiger partial charge on any atom is 0.227 e. The molecule has 0 spiro atoms. The molecule has 15 heavy (non-hydrogen) atoms. The minimum absolute atomic E-state index is 0.526. The SMILES string of the molecule is CNCCc1nc(C2CCSCC2)no1. The smallest absolute Gasteiger partial charge is 0.227 e. The van der Waals surface area contributed by atoms with Crippen molar-refractivity contribution in [3.63, 3.8) is 0 Å². The number of thioether (sulfide) groups is 1. The van der Waals surface area contributed by atoms with Crippen LogP contribution in [0.3, 0.4) is 0 Å². The van der Waals surface area contributed by atoms with Crippen LogP contribution in [-0.4, -0.2) is 35.2 Å². The van der Waals surface area contributed by atoms with Gasteiger partial charge < -0.3 is 9.84 Å². The molecule has 0 amide bonds. The quantitative estimate of drug-likeness (QED) is 0.843. The molecule has 1 fully saturated rings. The summed E-state index contributed by atoms with van der Waals surface area (Å²) in [6.45, 7) is 0.891. The van der Waals surface area contributed by atoms with E-state index in [4.69, 9.17) is 4.52 Å². The lowest BCUT2D eigenvalue weighted by Gasteiger charge is -2.17. The predicted molar refractivity (Wildman–Crippen MR) is 61.2 cm³/mol. The Bertz CT molecular complexity index is 297. The summed E-state index contributed by atoms with van der Waals surface area (Å²) in [5.41, 5.74) is 0. The fourth-order valence-electron chi connectivity index (χ4n) is 1.72. The third-order valence-electron chi connectivity index (χ3n) is 2.66. The molecule has 0 atom stereocenters. The molecule has 0 bridgehead atoms. The molecule has 1 aliphatic rings. The zero-order valence-electron chi connectivity index (χ0n) is 9.03. The molecule has 1 aliphatic heterocycles. The summed E-state index contributed by atoms with van der Waals surface area (Å²) in [5.74, 6) is 4.66. The highest BCUT2D eigenvalue weighted by atomic mass is 32.2. The lowest BCUT2D eigenvalue weighted by atomic mass is 10.0. The fourth-order valence-corrected chi connectivity index (χ4v) is 2.83. The lowest BCUT2D eigenvalue weighted by molar-refractivity contribution is 0.367. The average Bonchev–Trinajstić information content (AvgIpc) is 2.76. The van der Waals surface area contributed by atoms with Gasteiger partial charge in [0.1, 0.15) is 0 Å². The van der Waals surface area contributed by atoms with Crippen molar-refractivity contribution in [3.8, 4) is 0 Å². The van der Waals surface area contributed by atoms with E-state index in [9.17, 15) is 0 Å². The number of nitrogens with zero attached hydrogens (tertiary/aromatic N) is 2. The van der Waals surface area contributed by atoms with Gasteiger partial charge in [0.25, 0.3) is 0 Å². The Balaban J connectivity index is 1.93. The first-order valence-electron chi connectivity index (χ1n) is 5.45. The van der Waals surface area contributed by atoms with Crippen molar-refractivity contribution in [2.75, 3.05) is 25.1 Å². The highest BCUT2D eigenvalue weighted by molar-refractivity contribution is 7.99. The van der Waals surface area contributed by atoms with Crippen molar-refractivity contribution >= 4 is 11.8 Å². The molecule has 5 heteroatoms. The lowest BCUT2D eigenvalue weighted by Crippen LogP contribution is -2.11. The van der Waals surface area contributed by atoms with Crippen LogP contribution in [0.2, 0.25) is 0 Å². The van der Waals surface area contributed by atoms with Crippen molar-refractivity contribution in [1.82, 2.24) is 15.5 Å². The standard InChI is InChI=1S/C10H17N3OS/c1-11-5-2-9-12-10(13-14-9)8-3-6-15-7-4-8/h8,11H,2-7H2,1H3. The van der Waals surface area contributed by atoms with Gasteiger partial charge in [-0.05, 0) is 31.4 Å². The first-order chi connectivity index (χ1) is 7.40. The van der Waals surface area contributed by atoms with E-state index in [1.54, 1.807) is 0 Å². The molecule has 4 nitrogen and oxygen atoms in total. The van der Waals surface area contributed by atoms with Gasteiger partial charge in [-0.15, -0.1) is 0 Å². The first-order valence-corrected chi connectivity index (χ1v) is 6.60. The van der Waals surface area contributed by atoms with Gasteiger partial charge in [-0.3, -0.25) is 0 Å². The zero-order valence-corrected chi connectivity index (χ0v) is 9.85. The van der Waals surface area contributed by atoms with Crippen LogP contribution < -0.4 is 5.32 Å². The van der Waals surface area contributed by atoms with Crippen LogP contribution in [0.4, 0.5) is 0 Å². The van der Waals surface area contributed by atoms with E-state index in [1.807, 2.05) is 18.8 Å². The van der Waals surface area contributed by atoms with Gasteiger partial charge in [0.05, 0.1) is 0 Å². The third-order valence-corrected chi connectivity index (χ3v) is 3.71. The van der Waals surface area contributed by atoms with E-state index in [1.165, 1.54) is 24.3 Å². The Morgan fingerprint density at radius 3 is 3.00 bits per heavy atom. The maximum atomic E-state index is 5.21. The van der Waals surface area contributed by atoms with Crippen molar-refractivity contribution in [2.24, 2.45) is 0 Å². The van der Waals surface area contributed by atoms with E-state index in [0.29, 0.717) is 5.92 Å². The van der Waals surface area contributed by atoms with Crippen LogP contribution in [0, 0.1) is 0 Å². The van der Waals surface area contributed by atoms with Crippen molar-refractivity contribution < 1.29 is 4.52 Å². The van der Waals surface area contributed by atoms with E-state index in [-0.39, 0.29) is 0 Å². The van der Waals surface area contributed by atoms with E-state index in [2.05, 4.69) is 15.5 Å². The van der Waals surface area contributed by atoms with Gasteiger partial charge >= 0.3 is 0 Å². The Labute approximate surface area is 94.2 Å². The summed E-state index contributed by atoms with van der Waals surface area (Å²) in [6, 6.07) is 0. The minimum Gasteiger partial charge on any atom is -0.339 e. The largest absolute Gasteiger partial charge is 0.339 e. The van der Waals surface area contributed by atoms with E-state index < -0.39 is 0 Å². The van der Waals surface area contributed by atoms with Crippen LogP contribution in [0.15, 0.2) is 4.52 Å². The Kier molecular flexibility index (Phi) is 4.02. The molecule has 0 radical (unpaired) electrons.